The van der Waals surface area contributed by atoms with Gasteiger partial charge in [-0.05, 0) is 47.6 Å². The second kappa shape index (κ2) is 4.58. The lowest BCUT2D eigenvalue weighted by molar-refractivity contribution is 0.949. The molecule has 0 bridgehead atoms. The summed E-state index contributed by atoms with van der Waals surface area (Å²) in [6.07, 6.45) is 2.49. The SMILES string of the molecule is N#Cc1cc(I)c(N2CCCC2)cc1Cl. The Morgan fingerprint density at radius 2 is 2.00 bits per heavy atom. The van der Waals surface area contributed by atoms with E-state index in [1.54, 1.807) is 0 Å². The third kappa shape index (κ3) is 2.21. The van der Waals surface area contributed by atoms with E-state index in [1.807, 2.05) is 12.1 Å². The van der Waals surface area contributed by atoms with Crippen LogP contribution >= 0.6 is 34.2 Å². The molecule has 0 radical (unpaired) electrons. The van der Waals surface area contributed by atoms with Crippen LogP contribution in [0.1, 0.15) is 18.4 Å². The number of rotatable bonds is 1. The molecule has 0 spiro atoms. The minimum atomic E-state index is 0.555. The monoisotopic (exact) mass is 332 g/mol. The van der Waals surface area contributed by atoms with Crippen molar-refractivity contribution in [3.8, 4) is 6.07 Å². The topological polar surface area (TPSA) is 27.0 Å². The van der Waals surface area contributed by atoms with E-state index in [4.69, 9.17) is 16.9 Å². The molecule has 1 saturated heterocycles. The summed E-state index contributed by atoms with van der Waals surface area (Å²) in [5.74, 6) is 0. The molecule has 1 aromatic rings. The highest BCUT2D eigenvalue weighted by Gasteiger charge is 2.16. The van der Waals surface area contributed by atoms with Gasteiger partial charge in [0.2, 0.25) is 0 Å². The summed E-state index contributed by atoms with van der Waals surface area (Å²) in [5, 5.41) is 9.40. The molecule has 1 aromatic carbocycles. The summed E-state index contributed by atoms with van der Waals surface area (Å²) in [7, 11) is 0. The molecule has 2 nitrogen and oxygen atoms in total. The Hall–Kier alpha value is -0.470. The minimum absolute atomic E-state index is 0.555. The van der Waals surface area contributed by atoms with Gasteiger partial charge in [0.1, 0.15) is 6.07 Å². The average Bonchev–Trinajstić information content (AvgIpc) is 2.74. The number of halogens is 2. The van der Waals surface area contributed by atoms with E-state index in [2.05, 4.69) is 33.6 Å². The summed E-state index contributed by atoms with van der Waals surface area (Å²) in [6.45, 7) is 2.19. The lowest BCUT2D eigenvalue weighted by atomic mass is 10.2. The van der Waals surface area contributed by atoms with E-state index in [0.717, 1.165) is 22.3 Å². The lowest BCUT2D eigenvalue weighted by Crippen LogP contribution is -2.18. The van der Waals surface area contributed by atoms with Gasteiger partial charge in [0, 0.05) is 16.7 Å². The van der Waals surface area contributed by atoms with Gasteiger partial charge in [0.05, 0.1) is 16.3 Å². The number of hydrogen-bond donors (Lipinski definition) is 0. The molecule has 1 heterocycles. The Kier molecular flexibility index (Phi) is 3.37. The highest BCUT2D eigenvalue weighted by atomic mass is 127. The number of benzene rings is 1. The van der Waals surface area contributed by atoms with Crippen molar-refractivity contribution in [2.45, 2.75) is 12.8 Å². The maximum atomic E-state index is 8.85. The first-order chi connectivity index (χ1) is 7.22. The van der Waals surface area contributed by atoms with Crippen molar-refractivity contribution in [1.82, 2.24) is 0 Å². The van der Waals surface area contributed by atoms with Gasteiger partial charge < -0.3 is 4.90 Å². The van der Waals surface area contributed by atoms with Gasteiger partial charge in [-0.2, -0.15) is 5.26 Å². The summed E-state index contributed by atoms with van der Waals surface area (Å²) in [5.41, 5.74) is 1.72. The standard InChI is InChI=1S/C11H10ClIN2/c12-9-6-11(15-3-1-2-4-15)10(13)5-8(9)7-14/h5-6H,1-4H2. The Morgan fingerprint density at radius 1 is 1.33 bits per heavy atom. The molecule has 0 saturated carbocycles. The Labute approximate surface area is 108 Å². The van der Waals surface area contributed by atoms with Gasteiger partial charge in [0.15, 0.2) is 0 Å². The first kappa shape index (κ1) is 11.0. The fraction of sp³-hybridized carbons (Fsp3) is 0.364. The summed E-state index contributed by atoms with van der Waals surface area (Å²) in [4.78, 5) is 2.33. The molecule has 1 fully saturated rings. The third-order valence-electron chi connectivity index (χ3n) is 2.60. The molecular weight excluding hydrogens is 322 g/mol. The third-order valence-corrected chi connectivity index (χ3v) is 3.78. The van der Waals surface area contributed by atoms with Crippen LogP contribution in [0.3, 0.4) is 0 Å². The van der Waals surface area contributed by atoms with E-state index in [1.165, 1.54) is 12.8 Å². The molecule has 0 atom stereocenters. The minimum Gasteiger partial charge on any atom is -0.371 e. The van der Waals surface area contributed by atoms with E-state index >= 15 is 0 Å². The van der Waals surface area contributed by atoms with Crippen LogP contribution in [0.25, 0.3) is 0 Å². The second-order valence-electron chi connectivity index (χ2n) is 3.59. The zero-order valence-corrected chi connectivity index (χ0v) is 11.0. The zero-order valence-electron chi connectivity index (χ0n) is 8.13. The predicted molar refractivity (Wildman–Crippen MR) is 70.3 cm³/mol. The fourth-order valence-corrected chi connectivity index (χ4v) is 2.83. The molecule has 4 heteroatoms. The number of nitrogens with zero attached hydrogens (tertiary/aromatic N) is 2. The first-order valence-electron chi connectivity index (χ1n) is 4.86. The molecule has 2 rings (SSSR count). The van der Waals surface area contributed by atoms with Crippen LogP contribution in [0.15, 0.2) is 12.1 Å². The Balaban J connectivity index is 2.40. The summed E-state index contributed by atoms with van der Waals surface area (Å²) < 4.78 is 1.11. The fourth-order valence-electron chi connectivity index (χ4n) is 1.82. The van der Waals surface area contributed by atoms with Crippen LogP contribution in [0.2, 0.25) is 5.02 Å². The van der Waals surface area contributed by atoms with E-state index in [0.29, 0.717) is 10.6 Å². The van der Waals surface area contributed by atoms with Gasteiger partial charge in [0.25, 0.3) is 0 Å². The van der Waals surface area contributed by atoms with E-state index < -0.39 is 0 Å². The predicted octanol–water partition coefficient (Wildman–Crippen LogP) is 3.42. The van der Waals surface area contributed by atoms with Crippen molar-refractivity contribution in [3.05, 3.63) is 26.3 Å². The van der Waals surface area contributed by atoms with Crippen molar-refractivity contribution < 1.29 is 0 Å². The quantitative estimate of drug-likeness (QED) is 0.737. The van der Waals surface area contributed by atoms with Gasteiger partial charge in [-0.1, -0.05) is 11.6 Å². The highest BCUT2D eigenvalue weighted by Crippen LogP contribution is 2.31. The van der Waals surface area contributed by atoms with Crippen LogP contribution in [0, 0.1) is 14.9 Å². The highest BCUT2D eigenvalue weighted by molar-refractivity contribution is 14.1. The summed E-state index contributed by atoms with van der Waals surface area (Å²) >= 11 is 8.29. The van der Waals surface area contributed by atoms with Crippen molar-refractivity contribution in [2.24, 2.45) is 0 Å². The zero-order chi connectivity index (χ0) is 10.8. The molecule has 0 unspecified atom stereocenters. The van der Waals surface area contributed by atoms with Crippen molar-refractivity contribution >= 4 is 39.9 Å². The van der Waals surface area contributed by atoms with Gasteiger partial charge in [-0.3, -0.25) is 0 Å². The van der Waals surface area contributed by atoms with Crippen LogP contribution in [-0.4, -0.2) is 13.1 Å². The second-order valence-corrected chi connectivity index (χ2v) is 5.16. The van der Waals surface area contributed by atoms with E-state index in [-0.39, 0.29) is 0 Å². The first-order valence-corrected chi connectivity index (χ1v) is 6.32. The van der Waals surface area contributed by atoms with Gasteiger partial charge >= 0.3 is 0 Å². The molecule has 78 valence electrons. The summed E-state index contributed by atoms with van der Waals surface area (Å²) in [6, 6.07) is 5.87. The van der Waals surface area contributed by atoms with Crippen molar-refractivity contribution in [1.29, 1.82) is 5.26 Å². The van der Waals surface area contributed by atoms with Gasteiger partial charge in [-0.25, -0.2) is 0 Å². The normalized spacial score (nSPS) is 15.4. The van der Waals surface area contributed by atoms with Crippen LogP contribution < -0.4 is 4.90 Å². The molecular formula is C11H10ClIN2. The lowest BCUT2D eigenvalue weighted by Gasteiger charge is -2.19. The maximum Gasteiger partial charge on any atom is 0.101 e. The molecule has 0 aromatic heterocycles. The van der Waals surface area contributed by atoms with Crippen molar-refractivity contribution in [3.63, 3.8) is 0 Å². The number of anilines is 1. The Morgan fingerprint density at radius 3 is 2.60 bits per heavy atom. The maximum absolute atomic E-state index is 8.85. The number of nitriles is 1. The molecule has 0 aliphatic carbocycles. The molecule has 0 amide bonds. The average molecular weight is 333 g/mol. The van der Waals surface area contributed by atoms with Crippen LogP contribution in [-0.2, 0) is 0 Å². The van der Waals surface area contributed by atoms with Crippen LogP contribution in [0.5, 0.6) is 0 Å². The molecule has 1 aliphatic heterocycles. The molecule has 15 heavy (non-hydrogen) atoms. The van der Waals surface area contributed by atoms with Crippen molar-refractivity contribution in [2.75, 3.05) is 18.0 Å². The Bertz CT molecular complexity index is 419. The van der Waals surface area contributed by atoms with Gasteiger partial charge in [-0.15, -0.1) is 0 Å². The molecule has 0 N–H and O–H groups in total. The van der Waals surface area contributed by atoms with Crippen LogP contribution in [0.4, 0.5) is 5.69 Å². The number of hydrogen-bond acceptors (Lipinski definition) is 2. The van der Waals surface area contributed by atoms with E-state index in [9.17, 15) is 0 Å². The largest absolute Gasteiger partial charge is 0.371 e. The molecule has 1 aliphatic rings. The smallest absolute Gasteiger partial charge is 0.101 e.